The first-order valence-corrected chi connectivity index (χ1v) is 9.47. The number of ether oxygens (including phenoxy) is 1. The number of hydrogen-bond donors (Lipinski definition) is 0. The van der Waals surface area contributed by atoms with Crippen molar-refractivity contribution in [2.75, 3.05) is 0 Å². The standard InChI is InChI=1S/C19H21FN2O3S/c1-5-14-17(23)22-16(12-6-8-13(20)9-7-12)15(18(24)25-10(2)3)11(4)21-19(22)26-14/h6-10,14,16H,5H2,1-4H3/t14-,16-/m1/s1. The lowest BCUT2D eigenvalue weighted by molar-refractivity contribution is -0.143. The molecule has 0 saturated carbocycles. The molecule has 3 rings (SSSR count). The zero-order valence-corrected chi connectivity index (χ0v) is 16.0. The summed E-state index contributed by atoms with van der Waals surface area (Å²) in [6, 6.07) is 5.18. The van der Waals surface area contributed by atoms with Gasteiger partial charge in [0.1, 0.15) is 5.82 Å². The lowest BCUT2D eigenvalue weighted by atomic mass is 9.94. The third-order valence-electron chi connectivity index (χ3n) is 4.27. The SMILES string of the molecule is CC[C@H]1SC2=NC(C)=C(C(=O)OC(C)C)[C@@H](c3ccc(F)cc3)N2C1=O. The molecule has 0 spiro atoms. The maximum Gasteiger partial charge on any atom is 0.338 e. The highest BCUT2D eigenvalue weighted by atomic mass is 32.2. The van der Waals surface area contributed by atoms with Gasteiger partial charge in [0.05, 0.1) is 28.7 Å². The van der Waals surface area contributed by atoms with Crippen molar-refractivity contribution in [1.82, 2.24) is 4.90 Å². The summed E-state index contributed by atoms with van der Waals surface area (Å²) in [4.78, 5) is 31.7. The number of carbonyl (C=O) groups is 2. The fourth-order valence-electron chi connectivity index (χ4n) is 3.09. The predicted octanol–water partition coefficient (Wildman–Crippen LogP) is 3.82. The molecule has 2 heterocycles. The van der Waals surface area contributed by atoms with E-state index in [0.29, 0.717) is 28.4 Å². The van der Waals surface area contributed by atoms with Crippen LogP contribution in [0.15, 0.2) is 40.5 Å². The molecule has 7 heteroatoms. The maximum atomic E-state index is 13.4. The van der Waals surface area contributed by atoms with Gasteiger partial charge in [-0.05, 0) is 44.9 Å². The van der Waals surface area contributed by atoms with Crippen LogP contribution < -0.4 is 0 Å². The quantitative estimate of drug-likeness (QED) is 0.750. The topological polar surface area (TPSA) is 59.0 Å². The van der Waals surface area contributed by atoms with Gasteiger partial charge in [-0.3, -0.25) is 9.69 Å². The van der Waals surface area contributed by atoms with Gasteiger partial charge in [-0.15, -0.1) is 0 Å². The summed E-state index contributed by atoms with van der Waals surface area (Å²) in [6.07, 6.45) is 0.370. The molecule has 26 heavy (non-hydrogen) atoms. The van der Waals surface area contributed by atoms with Crippen LogP contribution in [0.3, 0.4) is 0 Å². The fourth-order valence-corrected chi connectivity index (χ4v) is 4.22. The second-order valence-corrected chi connectivity index (χ2v) is 7.69. The number of hydrogen-bond acceptors (Lipinski definition) is 5. The Kier molecular flexibility index (Phi) is 5.18. The zero-order valence-electron chi connectivity index (χ0n) is 15.2. The number of allylic oxidation sites excluding steroid dienone is 1. The molecule has 0 unspecified atom stereocenters. The molecule has 2 aliphatic rings. The van der Waals surface area contributed by atoms with Crippen LogP contribution in [-0.4, -0.2) is 33.3 Å². The highest BCUT2D eigenvalue weighted by molar-refractivity contribution is 8.15. The van der Waals surface area contributed by atoms with Crippen molar-refractivity contribution in [3.63, 3.8) is 0 Å². The van der Waals surface area contributed by atoms with E-state index in [1.165, 1.54) is 23.9 Å². The van der Waals surface area contributed by atoms with Gasteiger partial charge in [0.15, 0.2) is 5.17 Å². The van der Waals surface area contributed by atoms with Crippen LogP contribution in [0.5, 0.6) is 0 Å². The van der Waals surface area contributed by atoms with E-state index in [1.54, 1.807) is 37.8 Å². The molecule has 2 atom stereocenters. The molecule has 0 aromatic heterocycles. The minimum Gasteiger partial charge on any atom is -0.459 e. The van der Waals surface area contributed by atoms with E-state index in [-0.39, 0.29) is 23.1 Å². The number of esters is 1. The lowest BCUT2D eigenvalue weighted by Crippen LogP contribution is -2.41. The van der Waals surface area contributed by atoms with E-state index in [1.807, 2.05) is 6.92 Å². The Morgan fingerprint density at radius 1 is 1.35 bits per heavy atom. The van der Waals surface area contributed by atoms with Crippen LogP contribution in [-0.2, 0) is 14.3 Å². The summed E-state index contributed by atoms with van der Waals surface area (Å²) < 4.78 is 18.8. The number of carbonyl (C=O) groups excluding carboxylic acids is 2. The van der Waals surface area contributed by atoms with E-state index in [2.05, 4.69) is 4.99 Å². The van der Waals surface area contributed by atoms with Crippen LogP contribution in [0.2, 0.25) is 0 Å². The molecule has 0 radical (unpaired) electrons. The number of nitrogens with zero attached hydrogens (tertiary/aromatic N) is 2. The highest BCUT2D eigenvalue weighted by Crippen LogP contribution is 2.44. The van der Waals surface area contributed by atoms with Crippen LogP contribution in [0.25, 0.3) is 0 Å². The largest absolute Gasteiger partial charge is 0.459 e. The van der Waals surface area contributed by atoms with Gasteiger partial charge in [-0.1, -0.05) is 30.8 Å². The van der Waals surface area contributed by atoms with E-state index in [9.17, 15) is 14.0 Å². The zero-order chi connectivity index (χ0) is 19.0. The van der Waals surface area contributed by atoms with Crippen LogP contribution >= 0.6 is 11.8 Å². The molecule has 138 valence electrons. The average molecular weight is 376 g/mol. The molecular weight excluding hydrogens is 355 g/mol. The minimum atomic E-state index is -0.661. The van der Waals surface area contributed by atoms with E-state index >= 15 is 0 Å². The van der Waals surface area contributed by atoms with E-state index in [0.717, 1.165) is 0 Å². The first-order chi connectivity index (χ1) is 12.3. The van der Waals surface area contributed by atoms with Crippen molar-refractivity contribution in [1.29, 1.82) is 0 Å². The Hall–Kier alpha value is -2.15. The molecule has 1 aromatic rings. The molecule has 2 aliphatic heterocycles. The van der Waals surface area contributed by atoms with Crippen molar-refractivity contribution in [3.05, 3.63) is 46.9 Å². The van der Waals surface area contributed by atoms with Gasteiger partial charge < -0.3 is 4.74 Å². The average Bonchev–Trinajstić information content (AvgIpc) is 2.89. The maximum absolute atomic E-state index is 13.4. The van der Waals surface area contributed by atoms with Crippen LogP contribution in [0.1, 0.15) is 45.7 Å². The molecule has 1 saturated heterocycles. The summed E-state index contributed by atoms with van der Waals surface area (Å²) >= 11 is 1.40. The summed E-state index contributed by atoms with van der Waals surface area (Å²) in [6.45, 7) is 7.21. The van der Waals surface area contributed by atoms with Gasteiger partial charge in [0, 0.05) is 0 Å². The van der Waals surface area contributed by atoms with E-state index in [4.69, 9.17) is 4.74 Å². The number of halogens is 1. The molecule has 1 amide bonds. The number of benzene rings is 1. The summed E-state index contributed by atoms with van der Waals surface area (Å²) in [7, 11) is 0. The first-order valence-electron chi connectivity index (χ1n) is 8.59. The molecule has 1 fully saturated rings. The van der Waals surface area contributed by atoms with Crippen molar-refractivity contribution in [3.8, 4) is 0 Å². The van der Waals surface area contributed by atoms with Gasteiger partial charge >= 0.3 is 5.97 Å². The molecule has 1 aromatic carbocycles. The second-order valence-electron chi connectivity index (χ2n) is 6.52. The third-order valence-corrected chi connectivity index (χ3v) is 5.59. The van der Waals surface area contributed by atoms with E-state index < -0.39 is 12.0 Å². The Bertz CT molecular complexity index is 802. The van der Waals surface area contributed by atoms with Crippen molar-refractivity contribution < 1.29 is 18.7 Å². The third kappa shape index (κ3) is 3.28. The summed E-state index contributed by atoms with van der Waals surface area (Å²) in [5.41, 5.74) is 1.49. The number of fused-ring (bicyclic) bond motifs is 1. The van der Waals surface area contributed by atoms with Gasteiger partial charge in [0.2, 0.25) is 5.91 Å². The normalized spacial score (nSPS) is 22.6. The Balaban J connectivity index is 2.12. The first kappa shape index (κ1) is 18.6. The van der Waals surface area contributed by atoms with Gasteiger partial charge in [0.25, 0.3) is 0 Å². The summed E-state index contributed by atoms with van der Waals surface area (Å²) in [5, 5.41) is 0.347. The van der Waals surface area contributed by atoms with Crippen molar-refractivity contribution in [2.24, 2.45) is 4.99 Å². The van der Waals surface area contributed by atoms with Crippen molar-refractivity contribution in [2.45, 2.75) is 51.5 Å². The number of thioether (sulfide) groups is 1. The van der Waals surface area contributed by atoms with Gasteiger partial charge in [-0.25, -0.2) is 14.2 Å². The smallest absolute Gasteiger partial charge is 0.338 e. The fraction of sp³-hybridized carbons (Fsp3) is 0.421. The monoisotopic (exact) mass is 376 g/mol. The molecule has 0 aliphatic carbocycles. The number of amidine groups is 1. The van der Waals surface area contributed by atoms with Gasteiger partial charge in [-0.2, -0.15) is 0 Å². The summed E-state index contributed by atoms with van der Waals surface area (Å²) in [5.74, 6) is -0.973. The lowest BCUT2D eigenvalue weighted by Gasteiger charge is -2.33. The Morgan fingerprint density at radius 3 is 2.58 bits per heavy atom. The highest BCUT2D eigenvalue weighted by Gasteiger charge is 2.47. The molecular formula is C19H21FN2O3S. The minimum absolute atomic E-state index is 0.0899. The molecule has 0 bridgehead atoms. The Labute approximate surface area is 156 Å². The second kappa shape index (κ2) is 7.23. The number of rotatable bonds is 4. The molecule has 5 nitrogen and oxygen atoms in total. The number of amides is 1. The predicted molar refractivity (Wildman–Crippen MR) is 99.0 cm³/mol. The number of aliphatic imine (C=N–C) groups is 1. The molecule has 0 N–H and O–H groups in total. The van der Waals surface area contributed by atoms with Crippen LogP contribution in [0.4, 0.5) is 4.39 Å². The van der Waals surface area contributed by atoms with Crippen molar-refractivity contribution >= 4 is 28.8 Å². The Morgan fingerprint density at radius 2 is 2.00 bits per heavy atom. The van der Waals surface area contributed by atoms with Crippen LogP contribution in [0, 0.1) is 5.82 Å².